The van der Waals surface area contributed by atoms with Gasteiger partial charge in [-0.1, -0.05) is 25.1 Å². The molecular weight excluding hydrogens is 258 g/mol. The van der Waals surface area contributed by atoms with E-state index in [4.69, 9.17) is 5.73 Å². The van der Waals surface area contributed by atoms with Gasteiger partial charge in [-0.25, -0.2) is 0 Å². The van der Waals surface area contributed by atoms with Gasteiger partial charge < -0.3 is 15.5 Å². The van der Waals surface area contributed by atoms with Gasteiger partial charge >= 0.3 is 0 Å². The maximum Gasteiger partial charge on any atom is 0.0405 e. The number of nitrogens with two attached hydrogens (primary N) is 1. The fourth-order valence-corrected chi connectivity index (χ4v) is 4.09. The number of nitrogens with zero attached hydrogens (tertiary/aromatic N) is 2. The van der Waals surface area contributed by atoms with Gasteiger partial charge in [0.05, 0.1) is 0 Å². The lowest BCUT2D eigenvalue weighted by atomic mass is 9.98. The number of para-hydroxylation sites is 1. The molecule has 21 heavy (non-hydrogen) atoms. The predicted octanol–water partition coefficient (Wildman–Crippen LogP) is 2.81. The summed E-state index contributed by atoms with van der Waals surface area (Å²) in [6.07, 6.45) is 5.01. The van der Waals surface area contributed by atoms with Crippen LogP contribution in [0.4, 0.5) is 5.69 Å². The molecule has 0 aromatic heterocycles. The third-order valence-corrected chi connectivity index (χ3v) is 5.16. The average molecular weight is 287 g/mol. The lowest BCUT2D eigenvalue weighted by molar-refractivity contribution is 0.209. The molecule has 3 nitrogen and oxygen atoms in total. The topological polar surface area (TPSA) is 32.5 Å². The van der Waals surface area contributed by atoms with Crippen LogP contribution < -0.4 is 10.6 Å². The van der Waals surface area contributed by atoms with Crippen LogP contribution in [0.15, 0.2) is 24.3 Å². The Bertz CT molecular complexity index is 452. The number of anilines is 1. The van der Waals surface area contributed by atoms with Crippen LogP contribution in [0.2, 0.25) is 0 Å². The molecule has 0 amide bonds. The second-order valence-electron chi connectivity index (χ2n) is 6.56. The number of likely N-dealkylation sites (tertiary alicyclic amines) is 1. The van der Waals surface area contributed by atoms with E-state index < -0.39 is 0 Å². The van der Waals surface area contributed by atoms with Crippen molar-refractivity contribution < 1.29 is 0 Å². The van der Waals surface area contributed by atoms with Crippen molar-refractivity contribution >= 4 is 5.69 Å². The van der Waals surface area contributed by atoms with Crippen molar-refractivity contribution in [3.8, 4) is 0 Å². The van der Waals surface area contributed by atoms with Crippen molar-refractivity contribution in [1.82, 2.24) is 4.90 Å². The molecule has 116 valence electrons. The number of benzene rings is 1. The Kier molecular flexibility index (Phi) is 4.81. The summed E-state index contributed by atoms with van der Waals surface area (Å²) in [5.74, 6) is 0.639. The zero-order valence-corrected chi connectivity index (χ0v) is 13.3. The minimum atomic E-state index is 0.639. The smallest absolute Gasteiger partial charge is 0.0405 e. The third-order valence-electron chi connectivity index (χ3n) is 5.16. The third kappa shape index (κ3) is 3.09. The molecule has 0 radical (unpaired) electrons. The Morgan fingerprint density at radius 1 is 1.19 bits per heavy atom. The van der Waals surface area contributed by atoms with E-state index in [1.807, 2.05) is 0 Å². The van der Waals surface area contributed by atoms with Crippen molar-refractivity contribution in [1.29, 1.82) is 0 Å². The second kappa shape index (κ2) is 6.80. The van der Waals surface area contributed by atoms with Crippen molar-refractivity contribution in [3.63, 3.8) is 0 Å². The van der Waals surface area contributed by atoms with Gasteiger partial charge in [0.25, 0.3) is 0 Å². The van der Waals surface area contributed by atoms with E-state index in [-0.39, 0.29) is 0 Å². The van der Waals surface area contributed by atoms with Gasteiger partial charge in [0, 0.05) is 37.3 Å². The molecule has 0 saturated carbocycles. The van der Waals surface area contributed by atoms with Gasteiger partial charge in [-0.2, -0.15) is 0 Å². The van der Waals surface area contributed by atoms with Gasteiger partial charge in [0.2, 0.25) is 0 Å². The van der Waals surface area contributed by atoms with Crippen molar-refractivity contribution in [2.45, 2.75) is 44.6 Å². The number of hydrogen-bond acceptors (Lipinski definition) is 3. The fraction of sp³-hybridized carbons (Fsp3) is 0.667. The molecular formula is C18H29N3. The lowest BCUT2D eigenvalue weighted by Crippen LogP contribution is -2.44. The summed E-state index contributed by atoms with van der Waals surface area (Å²) in [6, 6.07) is 9.70. The summed E-state index contributed by atoms with van der Waals surface area (Å²) in [5, 5.41) is 0. The summed E-state index contributed by atoms with van der Waals surface area (Å²) in [4.78, 5) is 5.30. The van der Waals surface area contributed by atoms with Gasteiger partial charge in [-0.3, -0.25) is 0 Å². The predicted molar refractivity (Wildman–Crippen MR) is 90.0 cm³/mol. The molecule has 1 aromatic rings. The maximum atomic E-state index is 5.82. The SMILES string of the molecule is CCCN1CCC(N2CC(CCN)c3ccccc32)CC1. The standard InChI is InChI=1S/C18H29N3/c1-2-11-20-12-8-16(9-13-20)21-14-15(7-10-19)17-5-3-4-6-18(17)21/h3-6,15-16H,2,7-14,19H2,1H3. The molecule has 2 aliphatic heterocycles. The average Bonchev–Trinajstić information content (AvgIpc) is 2.88. The van der Waals surface area contributed by atoms with E-state index >= 15 is 0 Å². The maximum absolute atomic E-state index is 5.82. The van der Waals surface area contributed by atoms with Crippen LogP contribution in [-0.2, 0) is 0 Å². The Balaban J connectivity index is 1.69. The van der Waals surface area contributed by atoms with Crippen LogP contribution in [-0.4, -0.2) is 43.7 Å². The highest BCUT2D eigenvalue weighted by Gasteiger charge is 2.33. The van der Waals surface area contributed by atoms with Gasteiger partial charge in [-0.15, -0.1) is 0 Å². The molecule has 1 atom stereocenters. The number of fused-ring (bicyclic) bond motifs is 1. The lowest BCUT2D eigenvalue weighted by Gasteiger charge is -2.38. The molecule has 2 heterocycles. The first-order valence-corrected chi connectivity index (χ1v) is 8.61. The quantitative estimate of drug-likeness (QED) is 0.904. The monoisotopic (exact) mass is 287 g/mol. The zero-order chi connectivity index (χ0) is 14.7. The molecule has 1 saturated heterocycles. The molecule has 0 bridgehead atoms. The molecule has 3 heteroatoms. The number of hydrogen-bond donors (Lipinski definition) is 1. The van der Waals surface area contributed by atoms with Crippen LogP contribution in [0.25, 0.3) is 0 Å². The number of piperidine rings is 1. The first-order valence-electron chi connectivity index (χ1n) is 8.61. The summed E-state index contributed by atoms with van der Waals surface area (Å²) in [5.41, 5.74) is 8.82. The summed E-state index contributed by atoms with van der Waals surface area (Å²) < 4.78 is 0. The molecule has 1 fully saturated rings. The second-order valence-corrected chi connectivity index (χ2v) is 6.56. The summed E-state index contributed by atoms with van der Waals surface area (Å²) in [6.45, 7) is 8.04. The first kappa shape index (κ1) is 14.9. The van der Waals surface area contributed by atoms with Crippen LogP contribution in [0.1, 0.15) is 44.1 Å². The summed E-state index contributed by atoms with van der Waals surface area (Å²) >= 11 is 0. The van der Waals surface area contributed by atoms with Crippen molar-refractivity contribution in [3.05, 3.63) is 29.8 Å². The van der Waals surface area contributed by atoms with E-state index in [1.54, 1.807) is 0 Å². The van der Waals surface area contributed by atoms with Crippen molar-refractivity contribution in [2.75, 3.05) is 37.6 Å². The Morgan fingerprint density at radius 2 is 1.95 bits per heavy atom. The van der Waals surface area contributed by atoms with E-state index in [9.17, 15) is 0 Å². The highest BCUT2D eigenvalue weighted by atomic mass is 15.2. The van der Waals surface area contributed by atoms with Crippen molar-refractivity contribution in [2.24, 2.45) is 5.73 Å². The van der Waals surface area contributed by atoms with Crippen LogP contribution in [0, 0.1) is 0 Å². The first-order chi connectivity index (χ1) is 10.3. The minimum absolute atomic E-state index is 0.639. The molecule has 1 unspecified atom stereocenters. The van der Waals surface area contributed by atoms with Gasteiger partial charge in [0.1, 0.15) is 0 Å². The van der Waals surface area contributed by atoms with Gasteiger partial charge in [-0.05, 0) is 50.4 Å². The largest absolute Gasteiger partial charge is 0.368 e. The normalized spacial score (nSPS) is 23.5. The van der Waals surface area contributed by atoms with E-state index in [0.29, 0.717) is 5.92 Å². The molecule has 2 N–H and O–H groups in total. The number of rotatable bonds is 5. The molecule has 0 spiro atoms. The Morgan fingerprint density at radius 3 is 2.67 bits per heavy atom. The summed E-state index contributed by atoms with van der Waals surface area (Å²) in [7, 11) is 0. The molecule has 0 aliphatic carbocycles. The van der Waals surface area contributed by atoms with E-state index in [2.05, 4.69) is 41.0 Å². The fourth-order valence-electron chi connectivity index (χ4n) is 4.09. The Labute approximate surface area is 129 Å². The Hall–Kier alpha value is -1.06. The molecule has 1 aromatic carbocycles. The van der Waals surface area contributed by atoms with Crippen LogP contribution in [0.5, 0.6) is 0 Å². The highest BCUT2D eigenvalue weighted by molar-refractivity contribution is 5.61. The zero-order valence-electron chi connectivity index (χ0n) is 13.3. The minimum Gasteiger partial charge on any atom is -0.368 e. The molecule has 3 rings (SSSR count). The van der Waals surface area contributed by atoms with E-state index in [1.165, 1.54) is 56.7 Å². The molecule has 2 aliphatic rings. The van der Waals surface area contributed by atoms with Crippen LogP contribution in [0.3, 0.4) is 0 Å². The van der Waals surface area contributed by atoms with Gasteiger partial charge in [0.15, 0.2) is 0 Å². The highest BCUT2D eigenvalue weighted by Crippen LogP contribution is 2.40. The van der Waals surface area contributed by atoms with Crippen LogP contribution >= 0.6 is 0 Å². The van der Waals surface area contributed by atoms with E-state index in [0.717, 1.165) is 19.0 Å².